The summed E-state index contributed by atoms with van der Waals surface area (Å²) in [6.45, 7) is 4.49. The Kier molecular flexibility index (Phi) is 5.90. The molecule has 1 nitrogen and oxygen atoms in total. The van der Waals surface area contributed by atoms with E-state index in [9.17, 15) is 0 Å². The Morgan fingerprint density at radius 2 is 1.87 bits per heavy atom. The Labute approximate surface area is 95.2 Å². The molecule has 0 heterocycles. The molecule has 1 rings (SSSR count). The summed E-state index contributed by atoms with van der Waals surface area (Å²) < 4.78 is 0. The van der Waals surface area contributed by atoms with E-state index >= 15 is 0 Å². The van der Waals surface area contributed by atoms with Gasteiger partial charge in [-0.3, -0.25) is 0 Å². The van der Waals surface area contributed by atoms with Crippen LogP contribution < -0.4 is 11.0 Å². The van der Waals surface area contributed by atoms with Crippen molar-refractivity contribution < 1.29 is 0 Å². The molecule has 15 heavy (non-hydrogen) atoms. The molecule has 84 valence electrons. The number of aryl methyl sites for hydroxylation is 1. The molecule has 0 aliphatic carbocycles. The lowest BCUT2D eigenvalue weighted by molar-refractivity contribution is 0.866. The number of hydrogen-bond donors (Lipinski definition) is 1. The van der Waals surface area contributed by atoms with Crippen LogP contribution in [0.5, 0.6) is 0 Å². The van der Waals surface area contributed by atoms with Crippen molar-refractivity contribution in [1.29, 1.82) is 0 Å². The lowest BCUT2D eigenvalue weighted by atomic mass is 10.00. The summed E-state index contributed by atoms with van der Waals surface area (Å²) in [5.41, 5.74) is 8.78. The molecular weight excluding hydrogens is 201 g/mol. The second-order valence-corrected chi connectivity index (χ2v) is 5.12. The molecular formula is C13H22NP. The van der Waals surface area contributed by atoms with Gasteiger partial charge in [-0.2, -0.15) is 0 Å². The van der Waals surface area contributed by atoms with E-state index < -0.39 is 0 Å². The first-order chi connectivity index (χ1) is 7.33. The van der Waals surface area contributed by atoms with Gasteiger partial charge in [0.2, 0.25) is 0 Å². The lowest BCUT2D eigenvalue weighted by Crippen LogP contribution is -2.10. The van der Waals surface area contributed by atoms with Crippen molar-refractivity contribution in [3.8, 4) is 0 Å². The molecule has 1 atom stereocenters. The smallest absolute Gasteiger partial charge is 0.0141 e. The monoisotopic (exact) mass is 223 g/mol. The van der Waals surface area contributed by atoms with Crippen molar-refractivity contribution in [3.63, 3.8) is 0 Å². The van der Waals surface area contributed by atoms with E-state index in [1.807, 2.05) is 0 Å². The zero-order valence-electron chi connectivity index (χ0n) is 9.84. The second kappa shape index (κ2) is 6.98. The molecule has 1 unspecified atom stereocenters. The molecule has 0 amide bonds. The van der Waals surface area contributed by atoms with Crippen LogP contribution in [0, 0.1) is 0 Å². The Morgan fingerprint density at radius 1 is 1.13 bits per heavy atom. The Bertz CT molecular complexity index is 272. The highest BCUT2D eigenvalue weighted by atomic mass is 31.1. The van der Waals surface area contributed by atoms with Crippen LogP contribution in [0.4, 0.5) is 0 Å². The van der Waals surface area contributed by atoms with Crippen molar-refractivity contribution in [2.45, 2.75) is 39.5 Å². The number of rotatable bonds is 6. The minimum absolute atomic E-state index is 0.774. The van der Waals surface area contributed by atoms with Gasteiger partial charge in [-0.25, -0.2) is 0 Å². The molecule has 0 saturated heterocycles. The quantitative estimate of drug-likeness (QED) is 0.737. The van der Waals surface area contributed by atoms with E-state index in [1.54, 1.807) is 5.56 Å². The number of benzene rings is 1. The topological polar surface area (TPSA) is 26.0 Å². The Balaban J connectivity index is 2.97. The largest absolute Gasteiger partial charge is 0.327 e. The van der Waals surface area contributed by atoms with Gasteiger partial charge in [-0.15, -0.1) is 0 Å². The van der Waals surface area contributed by atoms with Gasteiger partial charge >= 0.3 is 0 Å². The highest BCUT2D eigenvalue weighted by molar-refractivity contribution is 7.47. The van der Waals surface area contributed by atoms with Gasteiger partial charge in [0.1, 0.15) is 0 Å². The van der Waals surface area contributed by atoms with Crippen molar-refractivity contribution >= 4 is 13.9 Å². The third-order valence-electron chi connectivity index (χ3n) is 2.58. The minimum Gasteiger partial charge on any atom is -0.327 e. The first kappa shape index (κ1) is 12.7. The summed E-state index contributed by atoms with van der Waals surface area (Å²) in [4.78, 5) is 0. The van der Waals surface area contributed by atoms with Crippen LogP contribution in [-0.4, -0.2) is 6.29 Å². The molecule has 1 aromatic carbocycles. The maximum Gasteiger partial charge on any atom is 0.0141 e. The van der Waals surface area contributed by atoms with Crippen molar-refractivity contribution in [2.24, 2.45) is 5.73 Å². The van der Waals surface area contributed by atoms with Crippen LogP contribution in [0.1, 0.15) is 37.8 Å². The summed E-state index contributed by atoms with van der Waals surface area (Å²) in [6, 6.07) is 6.70. The van der Waals surface area contributed by atoms with Crippen LogP contribution in [0.2, 0.25) is 0 Å². The fraction of sp³-hybridized carbons (Fsp3) is 0.538. The zero-order valence-corrected chi connectivity index (χ0v) is 10.8. The summed E-state index contributed by atoms with van der Waals surface area (Å²) in [5, 5.41) is 1.49. The van der Waals surface area contributed by atoms with Gasteiger partial charge in [0.05, 0.1) is 0 Å². The van der Waals surface area contributed by atoms with E-state index in [0.29, 0.717) is 0 Å². The van der Waals surface area contributed by atoms with E-state index in [1.165, 1.54) is 36.6 Å². The van der Waals surface area contributed by atoms with E-state index in [-0.39, 0.29) is 0 Å². The fourth-order valence-electron chi connectivity index (χ4n) is 1.96. The predicted octanol–water partition coefficient (Wildman–Crippen LogP) is 2.81. The summed E-state index contributed by atoms with van der Waals surface area (Å²) in [7, 11) is 0.774. The summed E-state index contributed by atoms with van der Waals surface area (Å²) >= 11 is 0. The Hall–Kier alpha value is -0.390. The van der Waals surface area contributed by atoms with E-state index in [4.69, 9.17) is 5.73 Å². The van der Waals surface area contributed by atoms with Crippen molar-refractivity contribution in [1.82, 2.24) is 0 Å². The van der Waals surface area contributed by atoms with Gasteiger partial charge < -0.3 is 5.73 Å². The molecule has 2 heteroatoms. The highest BCUT2D eigenvalue weighted by Crippen LogP contribution is 2.18. The summed E-state index contributed by atoms with van der Waals surface area (Å²) in [6.07, 6.45) is 5.65. The SMILES string of the molecule is CCCc1cccc(PCN)c1CCC. The first-order valence-electron chi connectivity index (χ1n) is 5.88. The minimum atomic E-state index is 0.774. The van der Waals surface area contributed by atoms with Crippen LogP contribution in [0.25, 0.3) is 0 Å². The third-order valence-corrected chi connectivity index (χ3v) is 3.64. The molecule has 2 N–H and O–H groups in total. The van der Waals surface area contributed by atoms with Gasteiger partial charge in [-0.05, 0) is 29.3 Å². The van der Waals surface area contributed by atoms with E-state index in [0.717, 1.165) is 14.9 Å². The molecule has 0 aromatic heterocycles. The van der Waals surface area contributed by atoms with Gasteiger partial charge in [-0.1, -0.05) is 53.5 Å². The Morgan fingerprint density at radius 3 is 2.47 bits per heavy atom. The fourth-order valence-corrected chi connectivity index (χ4v) is 2.89. The molecule has 0 saturated carbocycles. The van der Waals surface area contributed by atoms with Crippen LogP contribution in [0.3, 0.4) is 0 Å². The second-order valence-electron chi connectivity index (χ2n) is 3.82. The number of nitrogens with two attached hydrogens (primary N) is 1. The average molecular weight is 223 g/mol. The predicted molar refractivity (Wildman–Crippen MR) is 71.4 cm³/mol. The third kappa shape index (κ3) is 3.59. The summed E-state index contributed by atoms with van der Waals surface area (Å²) in [5.74, 6) is 0. The van der Waals surface area contributed by atoms with Crippen molar-refractivity contribution in [2.75, 3.05) is 6.29 Å². The van der Waals surface area contributed by atoms with Gasteiger partial charge in [0.15, 0.2) is 0 Å². The van der Waals surface area contributed by atoms with Crippen molar-refractivity contribution in [3.05, 3.63) is 29.3 Å². The average Bonchev–Trinajstić information content (AvgIpc) is 2.23. The van der Waals surface area contributed by atoms with Crippen LogP contribution >= 0.6 is 8.58 Å². The molecule has 1 aromatic rings. The molecule has 0 aliphatic heterocycles. The van der Waals surface area contributed by atoms with Gasteiger partial charge in [0.25, 0.3) is 0 Å². The van der Waals surface area contributed by atoms with Crippen LogP contribution in [0.15, 0.2) is 18.2 Å². The highest BCUT2D eigenvalue weighted by Gasteiger charge is 2.06. The zero-order chi connectivity index (χ0) is 11.1. The van der Waals surface area contributed by atoms with Gasteiger partial charge in [0, 0.05) is 6.29 Å². The standard InChI is InChI=1S/C13H22NP/c1-3-6-11-8-5-9-13(15-10-14)12(11)7-4-2/h5,8-9,15H,3-4,6-7,10,14H2,1-2H3. The molecule has 0 aliphatic rings. The normalized spacial score (nSPS) is 11.4. The maximum absolute atomic E-state index is 5.66. The maximum atomic E-state index is 5.66. The molecule has 0 spiro atoms. The molecule has 0 fully saturated rings. The molecule has 0 bridgehead atoms. The van der Waals surface area contributed by atoms with Crippen LogP contribution in [-0.2, 0) is 12.8 Å². The lowest BCUT2D eigenvalue weighted by Gasteiger charge is -2.13. The number of hydrogen-bond acceptors (Lipinski definition) is 1. The van der Waals surface area contributed by atoms with E-state index in [2.05, 4.69) is 32.0 Å². The molecule has 0 radical (unpaired) electrons. The first-order valence-corrected chi connectivity index (χ1v) is 7.08.